The molecule has 0 aromatic heterocycles. The molecule has 0 atom stereocenters. The van der Waals surface area contributed by atoms with Gasteiger partial charge in [-0.05, 0) is 31.5 Å². The molecule has 0 aliphatic carbocycles. The molecule has 0 saturated heterocycles. The molecule has 0 fully saturated rings. The monoisotopic (exact) mass is 291 g/mol. The van der Waals surface area contributed by atoms with Crippen LogP contribution in [0.4, 0.5) is 0 Å². The van der Waals surface area contributed by atoms with Crippen molar-refractivity contribution < 1.29 is 4.79 Å². The fourth-order valence-corrected chi connectivity index (χ4v) is 3.03. The number of hydrogen-bond acceptors (Lipinski definition) is 2. The molecular formula is C20H21NO. The number of hydrogen-bond donors (Lipinski definition) is 0. The predicted octanol–water partition coefficient (Wildman–Crippen LogP) is 3.91. The third-order valence-corrected chi connectivity index (χ3v) is 4.03. The minimum Gasteiger partial charge on any atom is -0.292 e. The average Bonchev–Trinajstić information content (AvgIpc) is 2.99. The molecule has 0 radical (unpaired) electrons. The van der Waals surface area contributed by atoms with Crippen molar-refractivity contribution in [2.75, 3.05) is 13.1 Å². The molecule has 1 heterocycles. The van der Waals surface area contributed by atoms with E-state index in [2.05, 4.69) is 29.2 Å². The van der Waals surface area contributed by atoms with Gasteiger partial charge in [0.1, 0.15) is 0 Å². The van der Waals surface area contributed by atoms with Crippen LogP contribution in [-0.4, -0.2) is 23.8 Å². The van der Waals surface area contributed by atoms with E-state index in [4.69, 9.17) is 0 Å². The molecule has 2 aromatic carbocycles. The van der Waals surface area contributed by atoms with Crippen LogP contribution < -0.4 is 0 Å². The number of aryl methyl sites for hydroxylation is 2. The van der Waals surface area contributed by atoms with Crippen LogP contribution in [0, 0.1) is 13.8 Å². The van der Waals surface area contributed by atoms with Crippen LogP contribution in [0.5, 0.6) is 0 Å². The van der Waals surface area contributed by atoms with Gasteiger partial charge in [-0.3, -0.25) is 9.69 Å². The lowest BCUT2D eigenvalue weighted by atomic mass is 9.96. The molecular weight excluding hydrogens is 270 g/mol. The Bertz CT molecular complexity index is 702. The zero-order valence-corrected chi connectivity index (χ0v) is 13.2. The number of carbonyl (C=O) groups is 1. The number of nitrogens with zero attached hydrogens (tertiary/aromatic N) is 1. The fraction of sp³-hybridized carbons (Fsp3) is 0.250. The normalized spacial score (nSPS) is 14.5. The highest BCUT2D eigenvalue weighted by molar-refractivity contribution is 6.10. The van der Waals surface area contributed by atoms with Gasteiger partial charge in [-0.2, -0.15) is 0 Å². The number of benzene rings is 2. The summed E-state index contributed by atoms with van der Waals surface area (Å²) < 4.78 is 0. The van der Waals surface area contributed by atoms with Gasteiger partial charge in [-0.25, -0.2) is 0 Å². The predicted molar refractivity (Wildman–Crippen MR) is 90.2 cm³/mol. The van der Waals surface area contributed by atoms with E-state index in [0.29, 0.717) is 0 Å². The van der Waals surface area contributed by atoms with E-state index in [9.17, 15) is 4.79 Å². The van der Waals surface area contributed by atoms with Gasteiger partial charge < -0.3 is 0 Å². The molecule has 2 heteroatoms. The summed E-state index contributed by atoms with van der Waals surface area (Å²) >= 11 is 0. The van der Waals surface area contributed by atoms with Gasteiger partial charge in [-0.15, -0.1) is 0 Å². The Morgan fingerprint density at radius 3 is 2.32 bits per heavy atom. The van der Waals surface area contributed by atoms with Gasteiger partial charge in [0, 0.05) is 30.8 Å². The van der Waals surface area contributed by atoms with Gasteiger partial charge in [0.05, 0.1) is 0 Å². The topological polar surface area (TPSA) is 20.3 Å². The van der Waals surface area contributed by atoms with Crippen LogP contribution in [0.25, 0.3) is 0 Å². The lowest BCUT2D eigenvalue weighted by Gasteiger charge is -2.17. The van der Waals surface area contributed by atoms with Gasteiger partial charge in [0.2, 0.25) is 0 Å². The average molecular weight is 291 g/mol. The van der Waals surface area contributed by atoms with Gasteiger partial charge >= 0.3 is 0 Å². The van der Waals surface area contributed by atoms with E-state index < -0.39 is 0 Å². The van der Waals surface area contributed by atoms with Crippen molar-refractivity contribution >= 4 is 5.78 Å². The highest BCUT2D eigenvalue weighted by Crippen LogP contribution is 2.19. The maximum absolute atomic E-state index is 12.9. The Balaban J connectivity index is 1.91. The second-order valence-electron chi connectivity index (χ2n) is 6.03. The van der Waals surface area contributed by atoms with E-state index in [1.807, 2.05) is 44.2 Å². The first-order valence-electron chi connectivity index (χ1n) is 7.72. The summed E-state index contributed by atoms with van der Waals surface area (Å²) in [5, 5.41) is 0. The van der Waals surface area contributed by atoms with Crippen LogP contribution in [-0.2, 0) is 6.54 Å². The second kappa shape index (κ2) is 6.29. The van der Waals surface area contributed by atoms with Crippen LogP contribution in [0.2, 0.25) is 0 Å². The molecule has 3 rings (SSSR count). The van der Waals surface area contributed by atoms with Gasteiger partial charge in [0.15, 0.2) is 5.78 Å². The first kappa shape index (κ1) is 14.7. The van der Waals surface area contributed by atoms with E-state index in [0.717, 1.165) is 47.5 Å². The third kappa shape index (κ3) is 3.18. The van der Waals surface area contributed by atoms with Crippen molar-refractivity contribution in [1.29, 1.82) is 0 Å². The molecule has 1 aliphatic heterocycles. The summed E-state index contributed by atoms with van der Waals surface area (Å²) in [6.45, 7) is 6.81. The maximum atomic E-state index is 12.9. The molecule has 0 N–H and O–H groups in total. The Morgan fingerprint density at radius 2 is 1.64 bits per heavy atom. The molecule has 0 bridgehead atoms. The maximum Gasteiger partial charge on any atom is 0.193 e. The number of carbonyl (C=O) groups excluding carboxylic acids is 1. The minimum absolute atomic E-state index is 0.120. The standard InChI is InChI=1S/C20H21NO/c1-15-11-16(2)13-18(12-15)20(22)19-8-4-3-7-17(19)14-21-9-5-6-10-21/h3-8,11-13H,9-10,14H2,1-2H3. The van der Waals surface area contributed by atoms with Crippen molar-refractivity contribution in [2.45, 2.75) is 20.4 Å². The molecule has 2 aromatic rings. The van der Waals surface area contributed by atoms with Crippen LogP contribution >= 0.6 is 0 Å². The zero-order chi connectivity index (χ0) is 15.5. The van der Waals surface area contributed by atoms with Crippen LogP contribution in [0.15, 0.2) is 54.6 Å². The van der Waals surface area contributed by atoms with Crippen molar-refractivity contribution in [3.8, 4) is 0 Å². The molecule has 0 saturated carbocycles. The number of ketones is 1. The zero-order valence-electron chi connectivity index (χ0n) is 13.2. The molecule has 0 unspecified atom stereocenters. The highest BCUT2D eigenvalue weighted by atomic mass is 16.1. The van der Waals surface area contributed by atoms with E-state index in [1.165, 1.54) is 0 Å². The second-order valence-corrected chi connectivity index (χ2v) is 6.03. The largest absolute Gasteiger partial charge is 0.292 e. The number of rotatable bonds is 4. The fourth-order valence-electron chi connectivity index (χ4n) is 3.03. The minimum atomic E-state index is 0.120. The molecule has 0 spiro atoms. The first-order chi connectivity index (χ1) is 10.6. The molecule has 22 heavy (non-hydrogen) atoms. The van der Waals surface area contributed by atoms with Crippen LogP contribution in [0.3, 0.4) is 0 Å². The Morgan fingerprint density at radius 1 is 1.00 bits per heavy atom. The van der Waals surface area contributed by atoms with Crippen molar-refractivity contribution in [1.82, 2.24) is 4.90 Å². The SMILES string of the molecule is Cc1cc(C)cc(C(=O)c2ccccc2CN2CC=CC2)c1. The smallest absolute Gasteiger partial charge is 0.193 e. The lowest BCUT2D eigenvalue weighted by molar-refractivity contribution is 0.103. The van der Waals surface area contributed by atoms with Crippen LogP contribution in [0.1, 0.15) is 32.6 Å². The van der Waals surface area contributed by atoms with Gasteiger partial charge in [-0.1, -0.05) is 53.6 Å². The Hall–Kier alpha value is -2.19. The quantitative estimate of drug-likeness (QED) is 0.629. The summed E-state index contributed by atoms with van der Waals surface area (Å²) in [7, 11) is 0. The molecule has 1 aliphatic rings. The van der Waals surface area contributed by atoms with Crippen molar-refractivity contribution in [3.05, 3.63) is 82.4 Å². The third-order valence-electron chi connectivity index (χ3n) is 4.03. The summed E-state index contributed by atoms with van der Waals surface area (Å²) in [6, 6.07) is 14.0. The van der Waals surface area contributed by atoms with Crippen molar-refractivity contribution in [3.63, 3.8) is 0 Å². The Labute approximate surface area is 132 Å². The molecule has 112 valence electrons. The lowest BCUT2D eigenvalue weighted by Crippen LogP contribution is -2.21. The van der Waals surface area contributed by atoms with Gasteiger partial charge in [0.25, 0.3) is 0 Å². The first-order valence-corrected chi connectivity index (χ1v) is 7.72. The van der Waals surface area contributed by atoms with Crippen molar-refractivity contribution in [2.24, 2.45) is 0 Å². The molecule has 2 nitrogen and oxygen atoms in total. The molecule has 0 amide bonds. The summed E-state index contributed by atoms with van der Waals surface area (Å²) in [5.74, 6) is 0.120. The highest BCUT2D eigenvalue weighted by Gasteiger charge is 2.16. The van der Waals surface area contributed by atoms with E-state index in [-0.39, 0.29) is 5.78 Å². The summed E-state index contributed by atoms with van der Waals surface area (Å²) in [5.41, 5.74) is 4.97. The Kier molecular flexibility index (Phi) is 4.21. The summed E-state index contributed by atoms with van der Waals surface area (Å²) in [4.78, 5) is 15.2. The summed E-state index contributed by atoms with van der Waals surface area (Å²) in [6.07, 6.45) is 4.35. The van der Waals surface area contributed by atoms with E-state index in [1.54, 1.807) is 0 Å². The van der Waals surface area contributed by atoms with E-state index >= 15 is 0 Å².